The van der Waals surface area contributed by atoms with E-state index >= 15 is 0 Å². The van der Waals surface area contributed by atoms with E-state index in [0.717, 1.165) is 43.1 Å². The first-order chi connectivity index (χ1) is 18.0. The lowest BCUT2D eigenvalue weighted by atomic mass is 10.1. The first kappa shape index (κ1) is 24.2. The SMILES string of the molecule is NC(=O)c1nn(CC(=O)Nc2ccc(N3CCN(Cc4ccccc4)CC3)cc2)c(=O)c2ccccc12. The van der Waals surface area contributed by atoms with Crippen LogP contribution < -0.4 is 21.5 Å². The number of carbonyl (C=O) groups is 2. The first-order valence-corrected chi connectivity index (χ1v) is 12.2. The van der Waals surface area contributed by atoms with E-state index in [1.165, 1.54) is 5.56 Å². The third-order valence-corrected chi connectivity index (χ3v) is 6.53. The van der Waals surface area contributed by atoms with Crippen molar-refractivity contribution in [3.63, 3.8) is 0 Å². The lowest BCUT2D eigenvalue weighted by Crippen LogP contribution is -2.45. The minimum atomic E-state index is -0.762. The number of nitrogens with one attached hydrogen (secondary N) is 1. The molecule has 0 aliphatic carbocycles. The molecule has 0 unspecified atom stereocenters. The molecule has 0 atom stereocenters. The van der Waals surface area contributed by atoms with Gasteiger partial charge in [-0.1, -0.05) is 48.5 Å². The van der Waals surface area contributed by atoms with Crippen molar-refractivity contribution in [2.75, 3.05) is 36.4 Å². The van der Waals surface area contributed by atoms with E-state index in [9.17, 15) is 14.4 Å². The topological polar surface area (TPSA) is 114 Å². The number of fused-ring (bicyclic) bond motifs is 1. The predicted molar refractivity (Wildman–Crippen MR) is 144 cm³/mol. The summed E-state index contributed by atoms with van der Waals surface area (Å²) in [6.07, 6.45) is 0. The van der Waals surface area contributed by atoms with Crippen LogP contribution in [0, 0.1) is 0 Å². The van der Waals surface area contributed by atoms with E-state index in [4.69, 9.17) is 5.73 Å². The van der Waals surface area contributed by atoms with Gasteiger partial charge in [-0.15, -0.1) is 0 Å². The summed E-state index contributed by atoms with van der Waals surface area (Å²) in [7, 11) is 0. The van der Waals surface area contributed by atoms with E-state index in [0.29, 0.717) is 11.1 Å². The number of aromatic nitrogens is 2. The molecule has 9 nitrogen and oxygen atoms in total. The maximum Gasteiger partial charge on any atom is 0.275 e. The molecule has 188 valence electrons. The quantitative estimate of drug-likeness (QED) is 0.406. The molecule has 3 aromatic carbocycles. The van der Waals surface area contributed by atoms with Crippen LogP contribution in [-0.2, 0) is 17.9 Å². The van der Waals surface area contributed by atoms with Crippen LogP contribution in [0.3, 0.4) is 0 Å². The lowest BCUT2D eigenvalue weighted by molar-refractivity contribution is -0.117. The third-order valence-electron chi connectivity index (χ3n) is 6.53. The summed E-state index contributed by atoms with van der Waals surface area (Å²) in [5.74, 6) is -1.19. The molecule has 1 fully saturated rings. The highest BCUT2D eigenvalue weighted by atomic mass is 16.2. The average Bonchev–Trinajstić information content (AvgIpc) is 2.92. The summed E-state index contributed by atoms with van der Waals surface area (Å²) in [5, 5.41) is 7.50. The molecule has 3 N–H and O–H groups in total. The minimum absolute atomic E-state index is 0.0452. The van der Waals surface area contributed by atoms with Gasteiger partial charge in [0.2, 0.25) is 5.91 Å². The maximum absolute atomic E-state index is 12.8. The van der Waals surface area contributed by atoms with Gasteiger partial charge in [-0.05, 0) is 35.9 Å². The van der Waals surface area contributed by atoms with E-state index in [1.54, 1.807) is 24.3 Å². The van der Waals surface area contributed by atoms with Crippen LogP contribution in [0.4, 0.5) is 11.4 Å². The Morgan fingerprint density at radius 3 is 2.16 bits per heavy atom. The van der Waals surface area contributed by atoms with Crippen molar-refractivity contribution >= 4 is 34.0 Å². The minimum Gasteiger partial charge on any atom is -0.369 e. The second-order valence-corrected chi connectivity index (χ2v) is 9.07. The molecule has 2 amide bonds. The predicted octanol–water partition coefficient (Wildman–Crippen LogP) is 2.46. The van der Waals surface area contributed by atoms with Crippen molar-refractivity contribution in [1.82, 2.24) is 14.7 Å². The normalized spacial score (nSPS) is 14.0. The number of nitrogens with zero attached hydrogens (tertiary/aromatic N) is 4. The van der Waals surface area contributed by atoms with Crippen molar-refractivity contribution in [2.24, 2.45) is 5.73 Å². The summed E-state index contributed by atoms with van der Waals surface area (Å²) in [5.41, 5.74) is 7.97. The molecule has 1 aromatic heterocycles. The van der Waals surface area contributed by atoms with Crippen molar-refractivity contribution in [2.45, 2.75) is 13.1 Å². The van der Waals surface area contributed by atoms with E-state index in [2.05, 4.69) is 44.5 Å². The molecular weight excluding hydrogens is 468 g/mol. The van der Waals surface area contributed by atoms with Gasteiger partial charge in [0, 0.05) is 49.5 Å². The molecule has 4 aromatic rings. The average molecular weight is 497 g/mol. The van der Waals surface area contributed by atoms with E-state index < -0.39 is 17.4 Å². The van der Waals surface area contributed by atoms with Crippen LogP contribution >= 0.6 is 0 Å². The largest absolute Gasteiger partial charge is 0.369 e. The number of amides is 2. The summed E-state index contributed by atoms with van der Waals surface area (Å²) in [4.78, 5) is 42.1. The van der Waals surface area contributed by atoms with E-state index in [1.807, 2.05) is 30.3 Å². The molecule has 1 aliphatic rings. The third kappa shape index (κ3) is 5.52. The number of rotatable bonds is 7. The Labute approximate surface area is 214 Å². The Hall–Kier alpha value is -4.50. The first-order valence-electron chi connectivity index (χ1n) is 12.2. The Kier molecular flexibility index (Phi) is 6.96. The van der Waals surface area contributed by atoms with Gasteiger partial charge in [0.1, 0.15) is 6.54 Å². The van der Waals surface area contributed by atoms with Gasteiger partial charge in [0.15, 0.2) is 5.69 Å². The summed E-state index contributed by atoms with van der Waals surface area (Å²) >= 11 is 0. The molecular formula is C28H28N6O3. The highest BCUT2D eigenvalue weighted by Crippen LogP contribution is 2.20. The summed E-state index contributed by atoms with van der Waals surface area (Å²) in [6, 6.07) is 24.7. The van der Waals surface area contributed by atoms with Crippen molar-refractivity contribution < 1.29 is 9.59 Å². The molecule has 37 heavy (non-hydrogen) atoms. The van der Waals surface area contributed by atoms with Gasteiger partial charge in [0.25, 0.3) is 11.5 Å². The van der Waals surface area contributed by atoms with Crippen LogP contribution in [0.15, 0.2) is 83.7 Å². The molecule has 0 spiro atoms. The molecule has 5 rings (SSSR count). The van der Waals surface area contributed by atoms with Gasteiger partial charge in [-0.2, -0.15) is 5.10 Å². The van der Waals surface area contributed by atoms with Gasteiger partial charge in [0.05, 0.1) is 5.39 Å². The monoisotopic (exact) mass is 496 g/mol. The molecule has 0 saturated carbocycles. The lowest BCUT2D eigenvalue weighted by Gasteiger charge is -2.36. The van der Waals surface area contributed by atoms with Crippen LogP contribution in [0.1, 0.15) is 16.1 Å². The van der Waals surface area contributed by atoms with Crippen LogP contribution in [-0.4, -0.2) is 52.7 Å². The van der Waals surface area contributed by atoms with Crippen LogP contribution in [0.2, 0.25) is 0 Å². The second-order valence-electron chi connectivity index (χ2n) is 9.07. The summed E-state index contributed by atoms with van der Waals surface area (Å²) < 4.78 is 0.973. The number of nitrogens with two attached hydrogens (primary N) is 1. The second kappa shape index (κ2) is 10.6. The Morgan fingerprint density at radius 1 is 0.838 bits per heavy atom. The number of carbonyl (C=O) groups excluding carboxylic acids is 2. The maximum atomic E-state index is 12.8. The van der Waals surface area contributed by atoms with Crippen LogP contribution in [0.25, 0.3) is 10.8 Å². The number of piperazine rings is 1. The zero-order chi connectivity index (χ0) is 25.8. The van der Waals surface area contributed by atoms with Gasteiger partial charge in [-0.3, -0.25) is 19.3 Å². The van der Waals surface area contributed by atoms with Crippen molar-refractivity contribution in [1.29, 1.82) is 0 Å². The fourth-order valence-electron chi connectivity index (χ4n) is 4.62. The molecule has 1 saturated heterocycles. The number of hydrogen-bond donors (Lipinski definition) is 2. The standard InChI is InChI=1S/C28H28N6O3/c29-27(36)26-23-8-4-5-9-24(23)28(37)34(31-26)19-25(35)30-21-10-12-22(13-11-21)33-16-14-32(15-17-33)18-20-6-2-1-3-7-20/h1-13H,14-19H2,(H2,29,36)(H,30,35). The van der Waals surface area contributed by atoms with Crippen molar-refractivity contribution in [3.05, 3.63) is 100 Å². The zero-order valence-corrected chi connectivity index (χ0v) is 20.3. The van der Waals surface area contributed by atoms with E-state index in [-0.39, 0.29) is 17.6 Å². The van der Waals surface area contributed by atoms with Gasteiger partial charge >= 0.3 is 0 Å². The van der Waals surface area contributed by atoms with Crippen LogP contribution in [0.5, 0.6) is 0 Å². The molecule has 9 heteroatoms. The number of hydrogen-bond acceptors (Lipinski definition) is 6. The fraction of sp³-hybridized carbons (Fsp3) is 0.214. The smallest absolute Gasteiger partial charge is 0.275 e. The molecule has 0 bridgehead atoms. The highest BCUT2D eigenvalue weighted by molar-refractivity contribution is 6.04. The number of benzene rings is 3. The molecule has 1 aliphatic heterocycles. The fourth-order valence-corrected chi connectivity index (χ4v) is 4.62. The number of anilines is 2. The van der Waals surface area contributed by atoms with Gasteiger partial charge in [-0.25, -0.2) is 4.68 Å². The van der Waals surface area contributed by atoms with Crippen molar-refractivity contribution in [3.8, 4) is 0 Å². The highest BCUT2D eigenvalue weighted by Gasteiger charge is 2.18. The summed E-state index contributed by atoms with van der Waals surface area (Å²) in [6.45, 7) is 4.43. The van der Waals surface area contributed by atoms with Gasteiger partial charge < -0.3 is 16.0 Å². The Balaban J connectivity index is 1.20. The number of primary amides is 1. The molecule has 0 radical (unpaired) electrons. The Bertz CT molecular complexity index is 1480. The zero-order valence-electron chi connectivity index (χ0n) is 20.3. The Morgan fingerprint density at radius 2 is 1.49 bits per heavy atom. The molecule has 2 heterocycles.